The van der Waals surface area contributed by atoms with E-state index >= 15 is 0 Å². The van der Waals surface area contributed by atoms with Crippen LogP contribution in [-0.2, 0) is 0 Å². The molecule has 1 heterocycles. The molecule has 0 spiro atoms. The smallest absolute Gasteiger partial charge is 0.0270 e. The van der Waals surface area contributed by atoms with Crippen molar-refractivity contribution in [1.82, 2.24) is 4.98 Å². The Bertz CT molecular complexity index is 288. The quantitative estimate of drug-likeness (QED) is 0.763. The first-order valence-electron chi connectivity index (χ1n) is 6.58. The van der Waals surface area contributed by atoms with Crippen molar-refractivity contribution in [3.63, 3.8) is 0 Å². The molecule has 4 N–H and O–H groups in total. The molecule has 3 nitrogen and oxygen atoms in total. The van der Waals surface area contributed by atoms with Crippen molar-refractivity contribution >= 4 is 0 Å². The second kappa shape index (κ2) is 7.41. The molecule has 96 valence electrons. The third-order valence-corrected chi connectivity index (χ3v) is 3.40. The highest BCUT2D eigenvalue weighted by atomic mass is 14.7. The summed E-state index contributed by atoms with van der Waals surface area (Å²) in [6, 6.07) is 4.68. The van der Waals surface area contributed by atoms with Crippen LogP contribution in [0.3, 0.4) is 0 Å². The zero-order chi connectivity index (χ0) is 12.7. The summed E-state index contributed by atoms with van der Waals surface area (Å²) in [4.78, 5) is 4.06. The van der Waals surface area contributed by atoms with Crippen LogP contribution in [0.1, 0.15) is 51.0 Å². The van der Waals surface area contributed by atoms with Crippen LogP contribution >= 0.6 is 0 Å². The molecule has 1 rings (SSSR count). The lowest BCUT2D eigenvalue weighted by Crippen LogP contribution is -2.27. The molecule has 0 aromatic carbocycles. The maximum Gasteiger partial charge on any atom is 0.0270 e. The van der Waals surface area contributed by atoms with Crippen LogP contribution in [0.2, 0.25) is 0 Å². The molecule has 0 saturated carbocycles. The first kappa shape index (κ1) is 14.1. The molecule has 0 amide bonds. The van der Waals surface area contributed by atoms with Crippen LogP contribution in [0.4, 0.5) is 0 Å². The van der Waals surface area contributed by atoms with E-state index in [9.17, 15) is 0 Å². The van der Waals surface area contributed by atoms with E-state index in [0.717, 1.165) is 25.7 Å². The van der Waals surface area contributed by atoms with Gasteiger partial charge in [0, 0.05) is 24.5 Å². The van der Waals surface area contributed by atoms with Gasteiger partial charge in [0.25, 0.3) is 0 Å². The maximum atomic E-state index is 6.07. The van der Waals surface area contributed by atoms with Gasteiger partial charge in [-0.1, -0.05) is 13.8 Å². The predicted octanol–water partition coefficient (Wildman–Crippen LogP) is 2.42. The topological polar surface area (TPSA) is 64.9 Å². The highest BCUT2D eigenvalue weighted by Crippen LogP contribution is 2.26. The van der Waals surface area contributed by atoms with Gasteiger partial charge in [-0.2, -0.15) is 0 Å². The average molecular weight is 235 g/mol. The average Bonchev–Trinajstić information content (AvgIpc) is 2.38. The molecule has 1 aromatic rings. The number of hydrogen-bond donors (Lipinski definition) is 2. The molecule has 0 aliphatic rings. The zero-order valence-electron chi connectivity index (χ0n) is 11.0. The molecule has 0 fully saturated rings. The SMILES string of the molecule is CCC(N)CC(CC(N)CC)c1ccncc1. The maximum absolute atomic E-state index is 6.07. The van der Waals surface area contributed by atoms with Gasteiger partial charge < -0.3 is 11.5 Å². The minimum atomic E-state index is 0.261. The summed E-state index contributed by atoms with van der Waals surface area (Å²) in [5, 5.41) is 0. The fourth-order valence-corrected chi connectivity index (χ4v) is 2.07. The van der Waals surface area contributed by atoms with Crippen LogP contribution in [0, 0.1) is 0 Å². The number of nitrogens with zero attached hydrogens (tertiary/aromatic N) is 1. The van der Waals surface area contributed by atoms with Gasteiger partial charge in [0.15, 0.2) is 0 Å². The van der Waals surface area contributed by atoms with E-state index in [2.05, 4.69) is 31.0 Å². The Morgan fingerprint density at radius 2 is 1.47 bits per heavy atom. The van der Waals surface area contributed by atoms with Crippen LogP contribution < -0.4 is 11.5 Å². The molecule has 2 unspecified atom stereocenters. The largest absolute Gasteiger partial charge is 0.328 e. The van der Waals surface area contributed by atoms with Crippen molar-refractivity contribution in [1.29, 1.82) is 0 Å². The summed E-state index contributed by atoms with van der Waals surface area (Å²) in [6.45, 7) is 4.27. The minimum absolute atomic E-state index is 0.261. The first-order chi connectivity index (χ1) is 8.17. The lowest BCUT2D eigenvalue weighted by atomic mass is 9.86. The highest BCUT2D eigenvalue weighted by Gasteiger charge is 2.17. The third kappa shape index (κ3) is 4.84. The van der Waals surface area contributed by atoms with Gasteiger partial charge in [0.05, 0.1) is 0 Å². The normalized spacial score (nSPS) is 16.5. The lowest BCUT2D eigenvalue weighted by Gasteiger charge is -2.23. The van der Waals surface area contributed by atoms with Gasteiger partial charge >= 0.3 is 0 Å². The highest BCUT2D eigenvalue weighted by molar-refractivity contribution is 5.16. The molecule has 0 saturated heterocycles. The fourth-order valence-electron chi connectivity index (χ4n) is 2.07. The minimum Gasteiger partial charge on any atom is -0.328 e. The van der Waals surface area contributed by atoms with E-state index in [0.29, 0.717) is 5.92 Å². The van der Waals surface area contributed by atoms with Crippen molar-refractivity contribution in [2.75, 3.05) is 0 Å². The van der Waals surface area contributed by atoms with E-state index in [4.69, 9.17) is 11.5 Å². The Morgan fingerprint density at radius 1 is 1.00 bits per heavy atom. The molecular formula is C14H25N3. The summed E-state index contributed by atoms with van der Waals surface area (Å²) >= 11 is 0. The van der Waals surface area contributed by atoms with Crippen molar-refractivity contribution in [2.45, 2.75) is 57.5 Å². The van der Waals surface area contributed by atoms with Crippen LogP contribution in [0.15, 0.2) is 24.5 Å². The molecule has 0 bridgehead atoms. The Hall–Kier alpha value is -0.930. The van der Waals surface area contributed by atoms with Gasteiger partial charge in [-0.15, -0.1) is 0 Å². The van der Waals surface area contributed by atoms with Gasteiger partial charge in [-0.3, -0.25) is 4.98 Å². The molecular weight excluding hydrogens is 210 g/mol. The first-order valence-corrected chi connectivity index (χ1v) is 6.58. The molecule has 3 heteroatoms. The molecule has 0 radical (unpaired) electrons. The van der Waals surface area contributed by atoms with Crippen molar-refractivity contribution < 1.29 is 0 Å². The molecule has 17 heavy (non-hydrogen) atoms. The van der Waals surface area contributed by atoms with Gasteiger partial charge in [0.1, 0.15) is 0 Å². The summed E-state index contributed by atoms with van der Waals surface area (Å²) < 4.78 is 0. The Morgan fingerprint density at radius 3 is 1.88 bits per heavy atom. The van der Waals surface area contributed by atoms with Crippen LogP contribution in [0.5, 0.6) is 0 Å². The molecule has 0 aliphatic carbocycles. The Kier molecular flexibility index (Phi) is 6.16. The third-order valence-electron chi connectivity index (χ3n) is 3.40. The molecule has 2 atom stereocenters. The van der Waals surface area contributed by atoms with E-state index < -0.39 is 0 Å². The van der Waals surface area contributed by atoms with Crippen LogP contribution in [0.25, 0.3) is 0 Å². The Labute approximate surface area is 105 Å². The fraction of sp³-hybridized carbons (Fsp3) is 0.643. The van der Waals surface area contributed by atoms with Gasteiger partial charge in [0.2, 0.25) is 0 Å². The second-order valence-corrected chi connectivity index (χ2v) is 4.79. The molecule has 0 aliphatic heterocycles. The lowest BCUT2D eigenvalue weighted by molar-refractivity contribution is 0.447. The van der Waals surface area contributed by atoms with E-state index in [1.807, 2.05) is 12.4 Å². The van der Waals surface area contributed by atoms with E-state index in [1.54, 1.807) is 0 Å². The van der Waals surface area contributed by atoms with E-state index in [-0.39, 0.29) is 12.1 Å². The number of aromatic nitrogens is 1. The van der Waals surface area contributed by atoms with Gasteiger partial charge in [-0.05, 0) is 49.3 Å². The summed E-state index contributed by atoms with van der Waals surface area (Å²) in [5.74, 6) is 0.461. The zero-order valence-corrected chi connectivity index (χ0v) is 11.0. The standard InChI is InChI=1S/C14H25N3/c1-3-13(15)9-12(10-14(16)4-2)11-5-7-17-8-6-11/h5-8,12-14H,3-4,9-10,15-16H2,1-2H3. The monoisotopic (exact) mass is 235 g/mol. The van der Waals surface area contributed by atoms with E-state index in [1.165, 1.54) is 5.56 Å². The number of hydrogen-bond acceptors (Lipinski definition) is 3. The van der Waals surface area contributed by atoms with Crippen molar-refractivity contribution in [2.24, 2.45) is 11.5 Å². The van der Waals surface area contributed by atoms with Crippen molar-refractivity contribution in [3.05, 3.63) is 30.1 Å². The number of rotatable bonds is 7. The molecule has 1 aromatic heterocycles. The summed E-state index contributed by atoms with van der Waals surface area (Å²) in [6.07, 6.45) is 7.74. The van der Waals surface area contributed by atoms with Crippen LogP contribution in [-0.4, -0.2) is 17.1 Å². The van der Waals surface area contributed by atoms with Crippen molar-refractivity contribution in [3.8, 4) is 0 Å². The Balaban J connectivity index is 2.72. The summed E-state index contributed by atoms with van der Waals surface area (Å²) in [5.41, 5.74) is 13.5. The number of nitrogens with two attached hydrogens (primary N) is 2. The summed E-state index contributed by atoms with van der Waals surface area (Å²) in [7, 11) is 0. The number of pyridine rings is 1. The predicted molar refractivity (Wildman–Crippen MR) is 72.7 cm³/mol. The van der Waals surface area contributed by atoms with Gasteiger partial charge in [-0.25, -0.2) is 0 Å². The second-order valence-electron chi connectivity index (χ2n) is 4.79.